The van der Waals surface area contributed by atoms with E-state index in [0.717, 1.165) is 6.07 Å². The van der Waals surface area contributed by atoms with E-state index >= 15 is 0 Å². The van der Waals surface area contributed by atoms with Crippen LogP contribution in [-0.4, -0.2) is 29.4 Å². The van der Waals surface area contributed by atoms with E-state index < -0.39 is 29.6 Å². The summed E-state index contributed by atoms with van der Waals surface area (Å²) in [6, 6.07) is 2.99. The van der Waals surface area contributed by atoms with Crippen molar-refractivity contribution >= 4 is 17.6 Å². The summed E-state index contributed by atoms with van der Waals surface area (Å²) in [7, 11) is 0. The number of benzene rings is 1. The summed E-state index contributed by atoms with van der Waals surface area (Å²) in [5, 5.41) is 2.52. The van der Waals surface area contributed by atoms with Crippen LogP contribution in [0.1, 0.15) is 30.9 Å². The van der Waals surface area contributed by atoms with Crippen LogP contribution in [0.5, 0.6) is 0 Å². The molecular formula is C16H20F3N3O2. The maximum atomic E-state index is 12.9. The zero-order valence-electron chi connectivity index (χ0n) is 13.5. The van der Waals surface area contributed by atoms with Gasteiger partial charge in [0, 0.05) is 18.3 Å². The minimum atomic E-state index is -4.49. The molecule has 8 heteroatoms. The van der Waals surface area contributed by atoms with Crippen molar-refractivity contribution in [1.29, 1.82) is 0 Å². The molecule has 2 atom stereocenters. The molecule has 0 bridgehead atoms. The lowest BCUT2D eigenvalue weighted by Crippen LogP contribution is -2.50. The molecule has 1 fully saturated rings. The van der Waals surface area contributed by atoms with Crippen LogP contribution in [0.2, 0.25) is 0 Å². The maximum absolute atomic E-state index is 12.9. The normalized spacial score (nSPS) is 21.5. The third kappa shape index (κ3) is 3.80. The van der Waals surface area contributed by atoms with Gasteiger partial charge in [0.1, 0.15) is 0 Å². The van der Waals surface area contributed by atoms with Crippen molar-refractivity contribution in [3.8, 4) is 0 Å². The van der Waals surface area contributed by atoms with Crippen LogP contribution in [0.25, 0.3) is 0 Å². The molecule has 0 saturated carbocycles. The first-order valence-corrected chi connectivity index (χ1v) is 7.65. The minimum absolute atomic E-state index is 0.0468. The van der Waals surface area contributed by atoms with Crippen LogP contribution >= 0.6 is 0 Å². The highest BCUT2D eigenvalue weighted by atomic mass is 19.4. The van der Waals surface area contributed by atoms with Gasteiger partial charge in [0.05, 0.1) is 11.5 Å². The second-order valence-electron chi connectivity index (χ2n) is 6.08. The Kier molecular flexibility index (Phi) is 5.05. The average Bonchev–Trinajstić information content (AvgIpc) is 2.48. The molecule has 0 aromatic heterocycles. The van der Waals surface area contributed by atoms with Crippen molar-refractivity contribution in [3.05, 3.63) is 29.3 Å². The van der Waals surface area contributed by atoms with E-state index in [2.05, 4.69) is 5.32 Å². The third-order valence-electron chi connectivity index (χ3n) is 4.43. The van der Waals surface area contributed by atoms with Gasteiger partial charge >= 0.3 is 12.2 Å². The molecule has 5 nitrogen and oxygen atoms in total. The number of primary amides is 1. The van der Waals surface area contributed by atoms with Crippen molar-refractivity contribution in [1.82, 2.24) is 4.90 Å². The second kappa shape index (κ2) is 6.70. The van der Waals surface area contributed by atoms with Gasteiger partial charge in [-0.3, -0.25) is 4.79 Å². The van der Waals surface area contributed by atoms with Gasteiger partial charge in [0.2, 0.25) is 5.91 Å². The summed E-state index contributed by atoms with van der Waals surface area (Å²) in [5.41, 5.74) is 4.56. The molecule has 0 spiro atoms. The fourth-order valence-corrected chi connectivity index (χ4v) is 2.89. The molecule has 24 heavy (non-hydrogen) atoms. The second-order valence-corrected chi connectivity index (χ2v) is 6.08. The first-order valence-electron chi connectivity index (χ1n) is 7.65. The highest BCUT2D eigenvalue weighted by Gasteiger charge is 2.34. The molecular weight excluding hydrogens is 323 g/mol. The van der Waals surface area contributed by atoms with E-state index in [-0.39, 0.29) is 23.8 Å². The van der Waals surface area contributed by atoms with Crippen LogP contribution < -0.4 is 11.1 Å². The maximum Gasteiger partial charge on any atom is 0.416 e. The van der Waals surface area contributed by atoms with E-state index in [9.17, 15) is 22.8 Å². The predicted molar refractivity (Wildman–Crippen MR) is 83.3 cm³/mol. The van der Waals surface area contributed by atoms with Gasteiger partial charge in [-0.2, -0.15) is 13.2 Å². The van der Waals surface area contributed by atoms with Crippen LogP contribution in [0.3, 0.4) is 0 Å². The summed E-state index contributed by atoms with van der Waals surface area (Å²) < 4.78 is 38.8. The number of piperidine rings is 1. The number of carbonyl (C=O) groups is 2. The number of alkyl halides is 3. The van der Waals surface area contributed by atoms with E-state index in [0.29, 0.717) is 12.8 Å². The smallest absolute Gasteiger partial charge is 0.369 e. The molecule has 0 unspecified atom stereocenters. The largest absolute Gasteiger partial charge is 0.416 e. The van der Waals surface area contributed by atoms with Gasteiger partial charge in [-0.25, -0.2) is 4.79 Å². The summed E-state index contributed by atoms with van der Waals surface area (Å²) in [5.74, 6) is -0.912. The van der Waals surface area contributed by atoms with E-state index in [1.165, 1.54) is 24.0 Å². The molecule has 2 rings (SSSR count). The number of nitrogens with zero attached hydrogens (tertiary/aromatic N) is 1. The number of rotatable bonds is 2. The van der Waals surface area contributed by atoms with E-state index in [1.54, 1.807) is 0 Å². The van der Waals surface area contributed by atoms with Crippen LogP contribution in [-0.2, 0) is 11.0 Å². The Labute approximate surface area is 138 Å². The predicted octanol–water partition coefficient (Wildman–Crippen LogP) is 3.13. The van der Waals surface area contributed by atoms with Gasteiger partial charge < -0.3 is 16.0 Å². The van der Waals surface area contributed by atoms with Crippen molar-refractivity contribution < 1.29 is 22.8 Å². The lowest BCUT2D eigenvalue weighted by Gasteiger charge is -2.36. The van der Waals surface area contributed by atoms with Crippen molar-refractivity contribution in [3.63, 3.8) is 0 Å². The number of halogens is 3. The first-order chi connectivity index (χ1) is 11.1. The summed E-state index contributed by atoms with van der Waals surface area (Å²) in [6.07, 6.45) is -3.27. The van der Waals surface area contributed by atoms with Crippen LogP contribution in [0.4, 0.5) is 23.7 Å². The van der Waals surface area contributed by atoms with Crippen molar-refractivity contribution in [2.75, 3.05) is 11.9 Å². The Balaban J connectivity index is 2.19. The SMILES string of the molecule is Cc1c(NC(=O)N2C[C@@H](C(N)=O)CC[C@H]2C)cccc1C(F)(F)F. The molecule has 1 aliphatic heterocycles. The van der Waals surface area contributed by atoms with E-state index in [1.807, 2.05) is 6.92 Å². The highest BCUT2D eigenvalue weighted by Crippen LogP contribution is 2.34. The number of hydrogen-bond donors (Lipinski definition) is 2. The first kappa shape index (κ1) is 18.1. The number of urea groups is 1. The molecule has 1 saturated heterocycles. The number of likely N-dealkylation sites (tertiary alicyclic amines) is 1. The third-order valence-corrected chi connectivity index (χ3v) is 4.43. The molecule has 1 heterocycles. The lowest BCUT2D eigenvalue weighted by molar-refractivity contribution is -0.138. The number of nitrogens with two attached hydrogens (primary N) is 1. The Hall–Kier alpha value is -2.25. The molecule has 3 N–H and O–H groups in total. The number of carbonyl (C=O) groups excluding carboxylic acids is 2. The van der Waals surface area contributed by atoms with Crippen molar-refractivity contribution in [2.24, 2.45) is 11.7 Å². The van der Waals surface area contributed by atoms with Crippen molar-refractivity contribution in [2.45, 2.75) is 38.9 Å². The van der Waals surface area contributed by atoms with Gasteiger partial charge in [-0.05, 0) is 44.4 Å². The summed E-state index contributed by atoms with van der Waals surface area (Å²) in [6.45, 7) is 3.31. The summed E-state index contributed by atoms with van der Waals surface area (Å²) >= 11 is 0. The molecule has 1 aliphatic rings. The van der Waals surface area contributed by atoms with Crippen LogP contribution in [0, 0.1) is 12.8 Å². The zero-order chi connectivity index (χ0) is 18.1. The van der Waals surface area contributed by atoms with Gasteiger partial charge in [-0.1, -0.05) is 6.07 Å². The lowest BCUT2D eigenvalue weighted by atomic mass is 9.93. The molecule has 1 aromatic carbocycles. The van der Waals surface area contributed by atoms with Gasteiger partial charge in [0.15, 0.2) is 0 Å². The molecule has 3 amide bonds. The monoisotopic (exact) mass is 343 g/mol. The quantitative estimate of drug-likeness (QED) is 0.866. The molecule has 0 aliphatic carbocycles. The summed E-state index contributed by atoms with van der Waals surface area (Å²) in [4.78, 5) is 25.2. The number of amides is 3. The Morgan fingerprint density at radius 3 is 2.54 bits per heavy atom. The Bertz CT molecular complexity index is 646. The standard InChI is InChI=1S/C16H20F3N3O2/c1-9-6-7-11(14(20)23)8-22(9)15(24)21-13-5-3-4-12(10(13)2)16(17,18)19/h3-5,9,11H,6-8H2,1-2H3,(H2,20,23)(H,21,24)/t9-,11+/m1/s1. The Morgan fingerprint density at radius 2 is 1.96 bits per heavy atom. The number of anilines is 1. The minimum Gasteiger partial charge on any atom is -0.369 e. The highest BCUT2D eigenvalue weighted by molar-refractivity contribution is 5.91. The Morgan fingerprint density at radius 1 is 1.29 bits per heavy atom. The van der Waals surface area contributed by atoms with Gasteiger partial charge in [-0.15, -0.1) is 0 Å². The topological polar surface area (TPSA) is 75.4 Å². The zero-order valence-corrected chi connectivity index (χ0v) is 13.5. The van der Waals surface area contributed by atoms with Crippen LogP contribution in [0.15, 0.2) is 18.2 Å². The van der Waals surface area contributed by atoms with Gasteiger partial charge in [0.25, 0.3) is 0 Å². The number of nitrogens with one attached hydrogen (secondary N) is 1. The fourth-order valence-electron chi connectivity index (χ4n) is 2.89. The molecule has 0 radical (unpaired) electrons. The molecule has 132 valence electrons. The van der Waals surface area contributed by atoms with E-state index in [4.69, 9.17) is 5.73 Å². The number of hydrogen-bond acceptors (Lipinski definition) is 2. The average molecular weight is 343 g/mol. The molecule has 1 aromatic rings. The fraction of sp³-hybridized carbons (Fsp3) is 0.500.